The second-order valence-corrected chi connectivity index (χ2v) is 8.51. The molecule has 6 rings (SSSR count). The number of likely N-dealkylation sites (N-methyl/N-ethyl adjacent to an activating group) is 1. The van der Waals surface area contributed by atoms with Crippen LogP contribution in [0.15, 0.2) is 73.3 Å². The molecule has 0 atom stereocenters. The van der Waals surface area contributed by atoms with Crippen molar-refractivity contribution in [2.75, 3.05) is 42.9 Å². The van der Waals surface area contributed by atoms with E-state index in [1.807, 2.05) is 23.0 Å². The largest absolute Gasteiger partial charge is 0.369 e. The van der Waals surface area contributed by atoms with E-state index < -0.39 is 0 Å². The quantitative estimate of drug-likeness (QED) is 0.415. The zero-order valence-electron chi connectivity index (χ0n) is 18.7. The van der Waals surface area contributed by atoms with Crippen LogP contribution in [0.3, 0.4) is 0 Å². The monoisotopic (exact) mass is 437 g/mol. The third-order valence-electron chi connectivity index (χ3n) is 6.54. The van der Waals surface area contributed by atoms with Gasteiger partial charge in [-0.1, -0.05) is 19.1 Å². The topological polar surface area (TPSA) is 64.5 Å². The molecule has 0 saturated carbocycles. The van der Waals surface area contributed by atoms with Crippen LogP contribution in [0.1, 0.15) is 6.92 Å². The van der Waals surface area contributed by atoms with Crippen LogP contribution in [0.2, 0.25) is 0 Å². The van der Waals surface area contributed by atoms with Gasteiger partial charge >= 0.3 is 0 Å². The molecule has 1 aliphatic heterocycles. The van der Waals surface area contributed by atoms with E-state index in [-0.39, 0.29) is 0 Å². The zero-order chi connectivity index (χ0) is 22.2. The number of imidazole rings is 1. The second-order valence-electron chi connectivity index (χ2n) is 8.51. The van der Waals surface area contributed by atoms with E-state index >= 15 is 0 Å². The van der Waals surface area contributed by atoms with Gasteiger partial charge in [0, 0.05) is 73.4 Å². The van der Waals surface area contributed by atoms with Crippen molar-refractivity contribution in [1.29, 1.82) is 0 Å². The van der Waals surface area contributed by atoms with Crippen LogP contribution in [0, 0.1) is 0 Å². The van der Waals surface area contributed by atoms with Gasteiger partial charge in [0.05, 0.1) is 5.69 Å². The van der Waals surface area contributed by atoms with Crippen molar-refractivity contribution in [3.63, 3.8) is 0 Å². The summed E-state index contributed by atoms with van der Waals surface area (Å²) in [6.07, 6.45) is 7.75. The van der Waals surface area contributed by atoms with Gasteiger partial charge in [-0.3, -0.25) is 0 Å². The third-order valence-corrected chi connectivity index (χ3v) is 6.54. The summed E-state index contributed by atoms with van der Waals surface area (Å²) >= 11 is 0. The first-order chi connectivity index (χ1) is 16.3. The molecule has 4 heterocycles. The Morgan fingerprint density at radius 3 is 2.67 bits per heavy atom. The molecule has 0 amide bonds. The Morgan fingerprint density at radius 1 is 1.00 bits per heavy atom. The molecule has 0 bridgehead atoms. The van der Waals surface area contributed by atoms with Crippen LogP contribution >= 0.6 is 0 Å². The Hall–Kier alpha value is -3.84. The highest BCUT2D eigenvalue weighted by molar-refractivity contribution is 5.85. The van der Waals surface area contributed by atoms with Gasteiger partial charge in [-0.2, -0.15) is 0 Å². The van der Waals surface area contributed by atoms with Gasteiger partial charge in [-0.05, 0) is 48.3 Å². The number of rotatable bonds is 5. The van der Waals surface area contributed by atoms with Crippen molar-refractivity contribution >= 4 is 33.7 Å². The number of hydrogen-bond acceptors (Lipinski definition) is 5. The van der Waals surface area contributed by atoms with Gasteiger partial charge in [0.1, 0.15) is 0 Å². The highest BCUT2D eigenvalue weighted by Crippen LogP contribution is 2.28. The van der Waals surface area contributed by atoms with Crippen LogP contribution in [0.4, 0.5) is 17.2 Å². The fraction of sp³-hybridized carbons (Fsp3) is 0.231. The van der Waals surface area contributed by atoms with Gasteiger partial charge in [0.25, 0.3) is 0 Å². The molecular formula is C26H27N7. The first kappa shape index (κ1) is 19.8. The molecule has 166 valence electrons. The number of nitrogens with one attached hydrogen (secondary N) is 2. The van der Waals surface area contributed by atoms with Crippen LogP contribution in [0.25, 0.3) is 27.8 Å². The molecule has 1 saturated heterocycles. The Bertz CT molecular complexity index is 1390. The summed E-state index contributed by atoms with van der Waals surface area (Å²) in [7, 11) is 0. The van der Waals surface area contributed by atoms with Crippen molar-refractivity contribution in [1.82, 2.24) is 24.3 Å². The number of aromatic nitrogens is 4. The SMILES string of the molecule is CCN1CCN(c2ccc(Nc3nc(-c4ccc5cc[nH]c5c4)cn4ccnc34)cc2)CC1. The molecule has 3 aromatic heterocycles. The number of benzene rings is 2. The summed E-state index contributed by atoms with van der Waals surface area (Å²) < 4.78 is 2.02. The normalized spacial score (nSPS) is 14.9. The van der Waals surface area contributed by atoms with Crippen molar-refractivity contribution in [2.24, 2.45) is 0 Å². The molecule has 7 nitrogen and oxygen atoms in total. The molecule has 0 spiro atoms. The predicted molar refractivity (Wildman–Crippen MR) is 134 cm³/mol. The minimum absolute atomic E-state index is 0.744. The molecule has 5 aromatic rings. The number of aromatic amines is 1. The lowest BCUT2D eigenvalue weighted by molar-refractivity contribution is 0.271. The van der Waals surface area contributed by atoms with E-state index in [1.165, 1.54) is 11.1 Å². The molecule has 0 unspecified atom stereocenters. The third kappa shape index (κ3) is 3.81. The number of nitrogens with zero attached hydrogens (tertiary/aromatic N) is 5. The number of fused-ring (bicyclic) bond motifs is 2. The van der Waals surface area contributed by atoms with Gasteiger partial charge in [-0.15, -0.1) is 0 Å². The molecule has 7 heteroatoms. The maximum atomic E-state index is 4.94. The lowest BCUT2D eigenvalue weighted by Gasteiger charge is -2.35. The average molecular weight is 438 g/mol. The van der Waals surface area contributed by atoms with Crippen molar-refractivity contribution in [2.45, 2.75) is 6.92 Å². The molecular weight excluding hydrogens is 410 g/mol. The van der Waals surface area contributed by atoms with E-state index in [0.29, 0.717) is 0 Å². The van der Waals surface area contributed by atoms with Gasteiger partial charge < -0.3 is 24.5 Å². The second kappa shape index (κ2) is 8.26. The first-order valence-corrected chi connectivity index (χ1v) is 11.5. The lowest BCUT2D eigenvalue weighted by Crippen LogP contribution is -2.46. The summed E-state index contributed by atoms with van der Waals surface area (Å²) in [5, 5.41) is 4.68. The van der Waals surface area contributed by atoms with Gasteiger partial charge in [-0.25, -0.2) is 9.97 Å². The maximum absolute atomic E-state index is 4.94. The number of hydrogen-bond donors (Lipinski definition) is 2. The Labute approximate surface area is 192 Å². The van der Waals surface area contributed by atoms with Crippen LogP contribution in [-0.4, -0.2) is 57.0 Å². The zero-order valence-corrected chi connectivity index (χ0v) is 18.7. The van der Waals surface area contributed by atoms with E-state index in [1.54, 1.807) is 6.20 Å². The van der Waals surface area contributed by atoms with Crippen molar-refractivity contribution in [3.05, 3.63) is 73.3 Å². The van der Waals surface area contributed by atoms with Crippen LogP contribution < -0.4 is 10.2 Å². The number of anilines is 3. The molecule has 2 N–H and O–H groups in total. The molecule has 1 aliphatic rings. The maximum Gasteiger partial charge on any atom is 0.180 e. The molecule has 0 radical (unpaired) electrons. The predicted octanol–water partition coefficient (Wildman–Crippen LogP) is 4.76. The van der Waals surface area contributed by atoms with Crippen LogP contribution in [-0.2, 0) is 0 Å². The number of H-pyrrole nitrogens is 1. The molecule has 2 aromatic carbocycles. The fourth-order valence-electron chi connectivity index (χ4n) is 4.58. The fourth-order valence-corrected chi connectivity index (χ4v) is 4.58. The standard InChI is InChI=1S/C26H27N7/c1-2-31-13-15-32(16-14-31)22-7-5-21(6-8-22)29-25-26-28-11-12-33(26)18-24(30-25)20-4-3-19-9-10-27-23(19)17-20/h3-12,17-18,27H,2,13-16H2,1H3,(H,29,30). The van der Waals surface area contributed by atoms with Gasteiger partial charge in [0.2, 0.25) is 0 Å². The van der Waals surface area contributed by atoms with Crippen molar-refractivity contribution in [3.8, 4) is 11.3 Å². The first-order valence-electron chi connectivity index (χ1n) is 11.5. The Balaban J connectivity index is 1.28. The smallest absolute Gasteiger partial charge is 0.180 e. The minimum atomic E-state index is 0.744. The number of piperazine rings is 1. The summed E-state index contributed by atoms with van der Waals surface area (Å²) in [6, 6.07) is 17.1. The van der Waals surface area contributed by atoms with E-state index in [9.17, 15) is 0 Å². The summed E-state index contributed by atoms with van der Waals surface area (Å²) in [6.45, 7) is 7.76. The molecule has 0 aliphatic carbocycles. The summed E-state index contributed by atoms with van der Waals surface area (Å²) in [5.41, 5.74) is 6.13. The van der Waals surface area contributed by atoms with E-state index in [4.69, 9.17) is 4.98 Å². The molecule has 33 heavy (non-hydrogen) atoms. The average Bonchev–Trinajstić information content (AvgIpc) is 3.53. The minimum Gasteiger partial charge on any atom is -0.369 e. The van der Waals surface area contributed by atoms with E-state index in [2.05, 4.69) is 80.5 Å². The Kier molecular flexibility index (Phi) is 4.96. The van der Waals surface area contributed by atoms with Gasteiger partial charge in [0.15, 0.2) is 11.5 Å². The van der Waals surface area contributed by atoms with Crippen molar-refractivity contribution < 1.29 is 0 Å². The molecule has 1 fully saturated rings. The highest BCUT2D eigenvalue weighted by Gasteiger charge is 2.16. The van der Waals surface area contributed by atoms with E-state index in [0.717, 1.165) is 66.7 Å². The van der Waals surface area contributed by atoms with Crippen LogP contribution in [0.5, 0.6) is 0 Å². The highest BCUT2D eigenvalue weighted by atomic mass is 15.3. The summed E-state index contributed by atoms with van der Waals surface area (Å²) in [4.78, 5) is 17.7. The Morgan fingerprint density at radius 2 is 1.85 bits per heavy atom. The lowest BCUT2D eigenvalue weighted by atomic mass is 10.1. The summed E-state index contributed by atoms with van der Waals surface area (Å²) in [5.74, 6) is 0.744.